The Bertz CT molecular complexity index is 735. The van der Waals surface area contributed by atoms with E-state index < -0.39 is 0 Å². The van der Waals surface area contributed by atoms with Crippen LogP contribution in [0.1, 0.15) is 63.1 Å². The third-order valence-electron chi connectivity index (χ3n) is 4.87. The Morgan fingerprint density at radius 1 is 1.15 bits per heavy atom. The van der Waals surface area contributed by atoms with Crippen LogP contribution in [-0.2, 0) is 32.5 Å². The summed E-state index contributed by atoms with van der Waals surface area (Å²) >= 11 is 0. The summed E-state index contributed by atoms with van der Waals surface area (Å²) in [6, 6.07) is 4.07. The molecule has 2 aromatic heterocycles. The summed E-state index contributed by atoms with van der Waals surface area (Å²) < 4.78 is 7.05. The van der Waals surface area contributed by atoms with Crippen LogP contribution in [0.3, 0.4) is 0 Å². The maximum Gasteiger partial charge on any atom is 0.325 e. The number of hydrogen-bond donors (Lipinski definition) is 0. The summed E-state index contributed by atoms with van der Waals surface area (Å²) in [6.07, 6.45) is 8.35. The van der Waals surface area contributed by atoms with E-state index in [1.165, 1.54) is 37.7 Å². The highest BCUT2D eigenvalue weighted by atomic mass is 17.2. The molecule has 6 nitrogen and oxygen atoms in total. The van der Waals surface area contributed by atoms with Crippen LogP contribution in [0.4, 0.5) is 0 Å². The van der Waals surface area contributed by atoms with E-state index in [2.05, 4.69) is 12.3 Å². The second kappa shape index (κ2) is 9.14. The minimum absolute atomic E-state index is 0.180. The fraction of sp³-hybridized carbons (Fsp3) is 0.600. The smallest absolute Gasteiger partial charge is 0.325 e. The molecule has 6 heteroatoms. The zero-order valence-electron chi connectivity index (χ0n) is 15.7. The van der Waals surface area contributed by atoms with E-state index in [9.17, 15) is 4.79 Å². The number of rotatable bonds is 8. The molecule has 0 bridgehead atoms. The molecule has 0 aromatic carbocycles. The summed E-state index contributed by atoms with van der Waals surface area (Å²) in [5.41, 5.74) is 2.90. The molecule has 0 N–H and O–H groups in total. The van der Waals surface area contributed by atoms with Crippen molar-refractivity contribution >= 4 is 17.0 Å². The minimum Gasteiger partial charge on any atom is -0.465 e. The molecule has 0 radical (unpaired) electrons. The average Bonchev–Trinajstić information content (AvgIpc) is 3.01. The molecule has 0 amide bonds. The van der Waals surface area contributed by atoms with Crippen LogP contribution in [-0.4, -0.2) is 28.7 Å². The Labute approximate surface area is 154 Å². The van der Waals surface area contributed by atoms with Gasteiger partial charge in [0.15, 0.2) is 0 Å². The lowest BCUT2D eigenvalue weighted by Crippen LogP contribution is -2.13. The zero-order chi connectivity index (χ0) is 18.4. The van der Waals surface area contributed by atoms with Crippen molar-refractivity contribution < 1.29 is 19.3 Å². The standard InChI is InChI=1S/C20H28N2O4/c1-3-24-19(23)13-22-12-18(15-8-6-5-7-9-15)17-11-10-16(21-20(17)22)14-26-25-4-2/h10-12,15H,3-9,13-14H2,1-2H3. The highest BCUT2D eigenvalue weighted by Crippen LogP contribution is 2.37. The van der Waals surface area contributed by atoms with Crippen molar-refractivity contribution in [2.75, 3.05) is 13.2 Å². The summed E-state index contributed by atoms with van der Waals surface area (Å²) in [5, 5.41) is 1.13. The van der Waals surface area contributed by atoms with Crippen molar-refractivity contribution in [3.05, 3.63) is 29.6 Å². The quantitative estimate of drug-likeness (QED) is 0.307. The van der Waals surface area contributed by atoms with Gasteiger partial charge in [-0.15, -0.1) is 0 Å². The van der Waals surface area contributed by atoms with Gasteiger partial charge in [-0.05, 0) is 50.3 Å². The highest BCUT2D eigenvalue weighted by Gasteiger charge is 2.22. The summed E-state index contributed by atoms with van der Waals surface area (Å²) in [4.78, 5) is 26.8. The van der Waals surface area contributed by atoms with E-state index in [0.717, 1.165) is 16.7 Å². The van der Waals surface area contributed by atoms with Crippen LogP contribution >= 0.6 is 0 Å². The van der Waals surface area contributed by atoms with Crippen LogP contribution in [0.15, 0.2) is 18.3 Å². The number of pyridine rings is 1. The van der Waals surface area contributed by atoms with E-state index in [1.807, 2.05) is 24.5 Å². The molecular weight excluding hydrogens is 332 g/mol. The van der Waals surface area contributed by atoms with Crippen LogP contribution in [0.25, 0.3) is 11.0 Å². The van der Waals surface area contributed by atoms with Crippen molar-refractivity contribution in [2.24, 2.45) is 0 Å². The lowest BCUT2D eigenvalue weighted by Gasteiger charge is -2.21. The van der Waals surface area contributed by atoms with Gasteiger partial charge < -0.3 is 9.30 Å². The molecule has 0 aliphatic heterocycles. The third kappa shape index (κ3) is 4.43. The van der Waals surface area contributed by atoms with E-state index in [-0.39, 0.29) is 19.1 Å². The first-order valence-corrected chi connectivity index (χ1v) is 9.61. The summed E-state index contributed by atoms with van der Waals surface area (Å²) in [7, 11) is 0. The topological polar surface area (TPSA) is 62.6 Å². The highest BCUT2D eigenvalue weighted by molar-refractivity contribution is 5.83. The molecular formula is C20H28N2O4. The molecule has 1 aliphatic carbocycles. The van der Waals surface area contributed by atoms with Gasteiger partial charge in [0.05, 0.1) is 18.9 Å². The number of carbonyl (C=O) groups is 1. The molecule has 1 saturated carbocycles. The number of nitrogens with zero attached hydrogens (tertiary/aromatic N) is 2. The Hall–Kier alpha value is -1.92. The van der Waals surface area contributed by atoms with E-state index >= 15 is 0 Å². The first kappa shape index (κ1) is 18.9. The predicted molar refractivity (Wildman–Crippen MR) is 98.6 cm³/mol. The fourth-order valence-corrected chi connectivity index (χ4v) is 3.70. The van der Waals surface area contributed by atoms with E-state index in [4.69, 9.17) is 19.5 Å². The monoisotopic (exact) mass is 360 g/mol. The Morgan fingerprint density at radius 2 is 1.96 bits per heavy atom. The number of hydrogen-bond acceptors (Lipinski definition) is 5. The van der Waals surface area contributed by atoms with E-state index in [0.29, 0.717) is 19.1 Å². The van der Waals surface area contributed by atoms with Gasteiger partial charge in [-0.3, -0.25) is 4.79 Å². The van der Waals surface area contributed by atoms with Gasteiger partial charge in [-0.1, -0.05) is 19.3 Å². The lowest BCUT2D eigenvalue weighted by atomic mass is 9.84. The van der Waals surface area contributed by atoms with Crippen molar-refractivity contribution in [1.29, 1.82) is 0 Å². The van der Waals surface area contributed by atoms with Crippen molar-refractivity contribution in [1.82, 2.24) is 9.55 Å². The Kier molecular flexibility index (Phi) is 6.63. The van der Waals surface area contributed by atoms with Crippen molar-refractivity contribution in [3.63, 3.8) is 0 Å². The second-order valence-corrected chi connectivity index (χ2v) is 6.69. The third-order valence-corrected chi connectivity index (χ3v) is 4.87. The number of esters is 1. The van der Waals surface area contributed by atoms with Gasteiger partial charge in [0.2, 0.25) is 0 Å². The SMILES string of the molecule is CCOOCc1ccc2c(C3CCCCC3)cn(CC(=O)OCC)c2n1. The normalized spacial score (nSPS) is 15.5. The first-order chi connectivity index (χ1) is 12.7. The molecule has 0 spiro atoms. The number of carbonyl (C=O) groups excluding carboxylic acids is 1. The first-order valence-electron chi connectivity index (χ1n) is 9.61. The van der Waals surface area contributed by atoms with Gasteiger partial charge in [-0.25, -0.2) is 14.8 Å². The second-order valence-electron chi connectivity index (χ2n) is 6.69. The molecule has 3 rings (SSSR count). The molecule has 0 unspecified atom stereocenters. The molecule has 0 saturated heterocycles. The molecule has 142 valence electrons. The number of ether oxygens (including phenoxy) is 1. The van der Waals surface area contributed by atoms with Crippen molar-refractivity contribution in [2.45, 2.75) is 65.0 Å². The minimum atomic E-state index is -0.239. The van der Waals surface area contributed by atoms with Gasteiger partial charge in [0.1, 0.15) is 18.8 Å². The van der Waals surface area contributed by atoms with Crippen LogP contribution in [0, 0.1) is 0 Å². The van der Waals surface area contributed by atoms with Gasteiger partial charge in [-0.2, -0.15) is 0 Å². The van der Waals surface area contributed by atoms with Gasteiger partial charge in [0.25, 0.3) is 0 Å². The maximum absolute atomic E-state index is 12.0. The van der Waals surface area contributed by atoms with Gasteiger partial charge in [0, 0.05) is 11.6 Å². The predicted octanol–water partition coefficient (Wildman–Crippen LogP) is 4.12. The molecule has 1 aliphatic rings. The van der Waals surface area contributed by atoms with Crippen molar-refractivity contribution in [3.8, 4) is 0 Å². The van der Waals surface area contributed by atoms with Gasteiger partial charge >= 0.3 is 5.97 Å². The van der Waals surface area contributed by atoms with Crippen LogP contribution < -0.4 is 0 Å². The Balaban J connectivity index is 1.92. The fourth-order valence-electron chi connectivity index (χ4n) is 3.70. The van der Waals surface area contributed by atoms with Crippen LogP contribution in [0.2, 0.25) is 0 Å². The zero-order valence-corrected chi connectivity index (χ0v) is 15.7. The number of fused-ring (bicyclic) bond motifs is 1. The average molecular weight is 360 g/mol. The summed E-state index contributed by atoms with van der Waals surface area (Å²) in [6.45, 7) is 5.03. The van der Waals surface area contributed by atoms with E-state index in [1.54, 1.807) is 0 Å². The molecule has 1 fully saturated rings. The Morgan fingerprint density at radius 3 is 2.69 bits per heavy atom. The molecule has 2 heterocycles. The molecule has 2 aromatic rings. The molecule has 26 heavy (non-hydrogen) atoms. The number of aromatic nitrogens is 2. The molecule has 0 atom stereocenters. The van der Waals surface area contributed by atoms with Crippen LogP contribution in [0.5, 0.6) is 0 Å². The summed E-state index contributed by atoms with van der Waals surface area (Å²) in [5.74, 6) is 0.305. The lowest BCUT2D eigenvalue weighted by molar-refractivity contribution is -0.301. The largest absolute Gasteiger partial charge is 0.465 e. The maximum atomic E-state index is 12.0.